The lowest BCUT2D eigenvalue weighted by molar-refractivity contribution is -0.182. The zero-order chi connectivity index (χ0) is 15.0. The molecule has 0 bridgehead atoms. The summed E-state index contributed by atoms with van der Waals surface area (Å²) in [5.74, 6) is -0.457. The van der Waals surface area contributed by atoms with Crippen molar-refractivity contribution in [3.8, 4) is 0 Å². The fourth-order valence-corrected chi connectivity index (χ4v) is 4.49. The predicted molar refractivity (Wildman–Crippen MR) is 87.2 cm³/mol. The van der Waals surface area contributed by atoms with Gasteiger partial charge in [0.1, 0.15) is 0 Å². The van der Waals surface area contributed by atoms with Gasteiger partial charge in [-0.05, 0) is 32.1 Å². The van der Waals surface area contributed by atoms with Gasteiger partial charge >= 0.3 is 0 Å². The first-order valence-electron chi connectivity index (χ1n) is 7.98. The lowest BCUT2D eigenvalue weighted by Crippen LogP contribution is -2.49. The average Bonchev–Trinajstić information content (AvgIpc) is 2.73. The van der Waals surface area contributed by atoms with E-state index >= 15 is 0 Å². The van der Waals surface area contributed by atoms with Gasteiger partial charge in [-0.2, -0.15) is 0 Å². The van der Waals surface area contributed by atoms with E-state index in [2.05, 4.69) is 50.5 Å². The first-order valence-corrected chi connectivity index (χ1v) is 8.90. The second kappa shape index (κ2) is 6.10. The third-order valence-corrected chi connectivity index (χ3v) is 6.13. The molecule has 0 N–H and O–H groups in total. The summed E-state index contributed by atoms with van der Waals surface area (Å²) in [5, 5.41) is 0. The van der Waals surface area contributed by atoms with Gasteiger partial charge in [0, 0.05) is 6.42 Å². The summed E-state index contributed by atoms with van der Waals surface area (Å²) in [5.41, 5.74) is 3.18. The molecule has 3 atom stereocenters. The van der Waals surface area contributed by atoms with Gasteiger partial charge in [0.15, 0.2) is 5.79 Å². The molecule has 2 aliphatic rings. The predicted octanol–water partition coefficient (Wildman–Crippen LogP) is 5.21. The highest BCUT2D eigenvalue weighted by Crippen LogP contribution is 2.52. The molecule has 1 saturated heterocycles. The highest BCUT2D eigenvalue weighted by Gasteiger charge is 2.53. The zero-order valence-electron chi connectivity index (χ0n) is 13.6. The van der Waals surface area contributed by atoms with Crippen LogP contribution in [-0.2, 0) is 9.47 Å². The van der Waals surface area contributed by atoms with E-state index in [1.54, 1.807) is 5.57 Å². The summed E-state index contributed by atoms with van der Waals surface area (Å²) in [6.07, 6.45) is 6.23. The van der Waals surface area contributed by atoms with Gasteiger partial charge in [0.2, 0.25) is 0 Å². The lowest BCUT2D eigenvalue weighted by atomic mass is 9.68. The molecule has 0 aromatic carbocycles. The Morgan fingerprint density at radius 3 is 2.55 bits per heavy atom. The van der Waals surface area contributed by atoms with E-state index in [9.17, 15) is 0 Å². The zero-order valence-corrected chi connectivity index (χ0v) is 15.2. The van der Waals surface area contributed by atoms with Crippen molar-refractivity contribution in [1.82, 2.24) is 0 Å². The Bertz CT molecular complexity index is 388. The fraction of sp³-hybridized carbons (Fsp3) is 0.882. The molecule has 1 aliphatic carbocycles. The number of rotatable bonds is 4. The van der Waals surface area contributed by atoms with Crippen LogP contribution in [0.1, 0.15) is 66.7 Å². The third kappa shape index (κ3) is 3.00. The van der Waals surface area contributed by atoms with Crippen molar-refractivity contribution in [2.24, 2.45) is 5.41 Å². The van der Waals surface area contributed by atoms with E-state index in [-0.39, 0.29) is 16.3 Å². The number of hydrogen-bond acceptors (Lipinski definition) is 2. The highest BCUT2D eigenvalue weighted by molar-refractivity contribution is 9.09. The van der Waals surface area contributed by atoms with Gasteiger partial charge in [-0.25, -0.2) is 0 Å². The van der Waals surface area contributed by atoms with E-state index in [4.69, 9.17) is 9.47 Å². The normalized spacial score (nSPS) is 36.9. The summed E-state index contributed by atoms with van der Waals surface area (Å²) < 4.78 is 12.3. The van der Waals surface area contributed by atoms with Crippen LogP contribution in [0.4, 0.5) is 0 Å². The molecule has 1 fully saturated rings. The van der Waals surface area contributed by atoms with Crippen LogP contribution < -0.4 is 0 Å². The highest BCUT2D eigenvalue weighted by atomic mass is 79.9. The standard InChI is InChI=1S/C17H29BrO2/c1-6-7-8-9-14-13(3)15(18)17(11-16(14,4)5)19-10-12(2)20-17/h12,15H,6-11H2,1-5H3. The van der Waals surface area contributed by atoms with Crippen molar-refractivity contribution >= 4 is 15.9 Å². The fourth-order valence-electron chi connectivity index (χ4n) is 3.81. The first kappa shape index (κ1) is 16.5. The number of ether oxygens (including phenoxy) is 2. The second-order valence-electron chi connectivity index (χ2n) is 7.09. The summed E-state index contributed by atoms with van der Waals surface area (Å²) in [7, 11) is 0. The number of halogens is 1. The van der Waals surface area contributed by atoms with Gasteiger partial charge in [-0.3, -0.25) is 0 Å². The smallest absolute Gasteiger partial charge is 0.185 e. The topological polar surface area (TPSA) is 18.5 Å². The molecule has 0 aromatic rings. The maximum absolute atomic E-state index is 6.18. The first-order chi connectivity index (χ1) is 9.32. The van der Waals surface area contributed by atoms with Crippen molar-refractivity contribution in [3.63, 3.8) is 0 Å². The summed E-state index contributed by atoms with van der Waals surface area (Å²) in [6, 6.07) is 0. The van der Waals surface area contributed by atoms with Gasteiger partial charge in [-0.15, -0.1) is 0 Å². The molecule has 1 aliphatic heterocycles. The third-order valence-electron chi connectivity index (χ3n) is 4.74. The Labute approximate surface area is 132 Å². The molecule has 0 saturated carbocycles. The molecule has 1 spiro atoms. The molecule has 3 unspecified atom stereocenters. The lowest BCUT2D eigenvalue weighted by Gasteiger charge is -2.46. The Balaban J connectivity index is 2.24. The Hall–Kier alpha value is 0.140. The molecular formula is C17H29BrO2. The molecule has 0 amide bonds. The molecule has 0 radical (unpaired) electrons. The van der Waals surface area contributed by atoms with Crippen LogP contribution in [0, 0.1) is 5.41 Å². The SMILES string of the molecule is CCCCCC1=C(C)C(Br)C2(CC1(C)C)OCC(C)O2. The minimum absolute atomic E-state index is 0.159. The number of hydrogen-bond donors (Lipinski definition) is 0. The molecule has 1 heterocycles. The van der Waals surface area contributed by atoms with Crippen molar-refractivity contribution in [3.05, 3.63) is 11.1 Å². The molecule has 2 nitrogen and oxygen atoms in total. The van der Waals surface area contributed by atoms with E-state index in [0.717, 1.165) is 6.42 Å². The van der Waals surface area contributed by atoms with E-state index < -0.39 is 5.79 Å². The Morgan fingerprint density at radius 2 is 2.00 bits per heavy atom. The van der Waals surface area contributed by atoms with E-state index in [0.29, 0.717) is 6.61 Å². The molecule has 2 rings (SSSR count). The largest absolute Gasteiger partial charge is 0.346 e. The molecule has 116 valence electrons. The molecule has 0 aromatic heterocycles. The maximum atomic E-state index is 6.18. The van der Waals surface area contributed by atoms with Crippen molar-refractivity contribution in [2.75, 3.05) is 6.61 Å². The monoisotopic (exact) mass is 344 g/mol. The van der Waals surface area contributed by atoms with Crippen LogP contribution >= 0.6 is 15.9 Å². The van der Waals surface area contributed by atoms with Gasteiger partial charge in [0.25, 0.3) is 0 Å². The quantitative estimate of drug-likeness (QED) is 0.396. The van der Waals surface area contributed by atoms with Gasteiger partial charge in [0.05, 0.1) is 17.5 Å². The van der Waals surface area contributed by atoms with Crippen LogP contribution in [0.25, 0.3) is 0 Å². The second-order valence-corrected chi connectivity index (χ2v) is 8.01. The maximum Gasteiger partial charge on any atom is 0.185 e. The van der Waals surface area contributed by atoms with Crippen LogP contribution in [-0.4, -0.2) is 23.3 Å². The van der Waals surface area contributed by atoms with E-state index in [1.165, 1.54) is 31.3 Å². The van der Waals surface area contributed by atoms with Crippen LogP contribution in [0.2, 0.25) is 0 Å². The summed E-state index contributed by atoms with van der Waals surface area (Å²) >= 11 is 3.86. The van der Waals surface area contributed by atoms with Crippen molar-refractivity contribution in [1.29, 1.82) is 0 Å². The molecular weight excluding hydrogens is 316 g/mol. The minimum atomic E-state index is -0.457. The summed E-state index contributed by atoms with van der Waals surface area (Å²) in [4.78, 5) is 0.185. The number of unbranched alkanes of at least 4 members (excludes halogenated alkanes) is 2. The van der Waals surface area contributed by atoms with Gasteiger partial charge < -0.3 is 9.47 Å². The van der Waals surface area contributed by atoms with Crippen LogP contribution in [0.5, 0.6) is 0 Å². The Kier molecular flexibility index (Phi) is 5.03. The van der Waals surface area contributed by atoms with Crippen molar-refractivity contribution < 1.29 is 9.47 Å². The summed E-state index contributed by atoms with van der Waals surface area (Å²) in [6.45, 7) is 12.0. The minimum Gasteiger partial charge on any atom is -0.346 e. The van der Waals surface area contributed by atoms with Crippen LogP contribution in [0.15, 0.2) is 11.1 Å². The molecule has 20 heavy (non-hydrogen) atoms. The number of alkyl halides is 1. The van der Waals surface area contributed by atoms with Gasteiger partial charge in [-0.1, -0.05) is 60.7 Å². The van der Waals surface area contributed by atoms with E-state index in [1.807, 2.05) is 0 Å². The molecule has 3 heteroatoms. The van der Waals surface area contributed by atoms with Crippen LogP contribution in [0.3, 0.4) is 0 Å². The van der Waals surface area contributed by atoms with Crippen molar-refractivity contribution in [2.45, 2.75) is 83.4 Å². The average molecular weight is 345 g/mol. The Morgan fingerprint density at radius 1 is 1.30 bits per heavy atom. The number of allylic oxidation sites excluding steroid dienone is 1.